The molecule has 0 bridgehead atoms. The second kappa shape index (κ2) is 5.98. The molecule has 3 nitrogen and oxygen atoms in total. The van der Waals surface area contributed by atoms with Crippen LogP contribution >= 0.6 is 0 Å². The van der Waals surface area contributed by atoms with E-state index in [2.05, 4.69) is 10.3 Å². The van der Waals surface area contributed by atoms with E-state index in [0.717, 1.165) is 16.7 Å². The second-order valence-electron chi connectivity index (χ2n) is 3.85. The molecule has 0 saturated carbocycles. The molecule has 0 fully saturated rings. The van der Waals surface area contributed by atoms with Gasteiger partial charge in [0.15, 0.2) is 5.58 Å². The number of rotatable bonds is 1. The van der Waals surface area contributed by atoms with Gasteiger partial charge in [0.2, 0.25) is 5.89 Å². The molecule has 0 saturated heterocycles. The molecule has 1 aromatic heterocycles. The Labute approximate surface area is 106 Å². The summed E-state index contributed by atoms with van der Waals surface area (Å²) in [5, 5.41) is 2.75. The van der Waals surface area contributed by atoms with Crippen molar-refractivity contribution in [1.29, 1.82) is 0 Å². The van der Waals surface area contributed by atoms with Crippen LogP contribution in [0.4, 0.5) is 0 Å². The molecule has 3 rings (SSSR count). The molecule has 1 N–H and O–H groups in total. The Balaban J connectivity index is 0.000000367. The number of para-hydroxylation sites is 2. The summed E-state index contributed by atoms with van der Waals surface area (Å²) in [5.74, 6) is 0.678. The van der Waals surface area contributed by atoms with Gasteiger partial charge < -0.3 is 9.73 Å². The number of hydrogen-bond donors (Lipinski definition) is 1. The third kappa shape index (κ3) is 2.76. The summed E-state index contributed by atoms with van der Waals surface area (Å²) >= 11 is 0. The highest BCUT2D eigenvalue weighted by molar-refractivity contribution is 5.75. The molecule has 0 aliphatic heterocycles. The molecule has 1 heterocycles. The van der Waals surface area contributed by atoms with Crippen LogP contribution < -0.4 is 5.32 Å². The zero-order valence-corrected chi connectivity index (χ0v) is 10.6. The number of benzene rings is 2. The van der Waals surface area contributed by atoms with Crippen molar-refractivity contribution in [2.45, 2.75) is 0 Å². The monoisotopic (exact) mass is 240 g/mol. The van der Waals surface area contributed by atoms with Gasteiger partial charge >= 0.3 is 0 Å². The van der Waals surface area contributed by atoms with Crippen LogP contribution in [-0.2, 0) is 0 Å². The summed E-state index contributed by atoms with van der Waals surface area (Å²) in [4.78, 5) is 4.42. The lowest BCUT2D eigenvalue weighted by Crippen LogP contribution is -1.89. The highest BCUT2D eigenvalue weighted by Gasteiger charge is 2.05. The van der Waals surface area contributed by atoms with Crippen molar-refractivity contribution in [3.63, 3.8) is 0 Å². The van der Waals surface area contributed by atoms with Crippen LogP contribution in [0.15, 0.2) is 59.0 Å². The van der Waals surface area contributed by atoms with Gasteiger partial charge in [-0.05, 0) is 38.4 Å². The smallest absolute Gasteiger partial charge is 0.227 e. The molecule has 92 valence electrons. The van der Waals surface area contributed by atoms with Crippen LogP contribution in [0.3, 0.4) is 0 Å². The summed E-state index contributed by atoms with van der Waals surface area (Å²) in [6, 6.07) is 17.7. The maximum Gasteiger partial charge on any atom is 0.227 e. The molecule has 0 aliphatic carbocycles. The maximum atomic E-state index is 5.64. The predicted octanol–water partition coefficient (Wildman–Crippen LogP) is 3.33. The number of nitrogens with one attached hydrogen (secondary N) is 1. The van der Waals surface area contributed by atoms with Crippen LogP contribution in [-0.4, -0.2) is 19.1 Å². The van der Waals surface area contributed by atoms with Gasteiger partial charge in [0, 0.05) is 5.56 Å². The molecule has 0 amide bonds. The van der Waals surface area contributed by atoms with Gasteiger partial charge in [-0.25, -0.2) is 4.98 Å². The average Bonchev–Trinajstić information content (AvgIpc) is 2.84. The van der Waals surface area contributed by atoms with E-state index in [1.165, 1.54) is 0 Å². The molecule has 0 atom stereocenters. The highest BCUT2D eigenvalue weighted by Crippen LogP contribution is 2.23. The van der Waals surface area contributed by atoms with Crippen molar-refractivity contribution in [1.82, 2.24) is 10.3 Å². The minimum Gasteiger partial charge on any atom is -0.436 e. The summed E-state index contributed by atoms with van der Waals surface area (Å²) in [7, 11) is 3.75. The zero-order valence-electron chi connectivity index (χ0n) is 10.6. The van der Waals surface area contributed by atoms with E-state index in [4.69, 9.17) is 4.42 Å². The highest BCUT2D eigenvalue weighted by atomic mass is 16.3. The Hall–Kier alpha value is -2.13. The first-order chi connectivity index (χ1) is 8.85. The number of hydrogen-bond acceptors (Lipinski definition) is 3. The molecular weight excluding hydrogens is 224 g/mol. The third-order valence-electron chi connectivity index (χ3n) is 2.31. The fourth-order valence-electron chi connectivity index (χ4n) is 1.58. The lowest BCUT2D eigenvalue weighted by atomic mass is 10.2. The lowest BCUT2D eigenvalue weighted by Gasteiger charge is -1.91. The van der Waals surface area contributed by atoms with Gasteiger partial charge in [-0.15, -0.1) is 0 Å². The number of fused-ring (bicyclic) bond motifs is 1. The minimum absolute atomic E-state index is 0.678. The van der Waals surface area contributed by atoms with E-state index >= 15 is 0 Å². The van der Waals surface area contributed by atoms with Crippen LogP contribution in [0.5, 0.6) is 0 Å². The Morgan fingerprint density at radius 1 is 0.889 bits per heavy atom. The number of oxazole rings is 1. The van der Waals surface area contributed by atoms with Crippen LogP contribution in [0.2, 0.25) is 0 Å². The molecule has 0 radical (unpaired) electrons. The number of nitrogens with zero attached hydrogens (tertiary/aromatic N) is 1. The maximum absolute atomic E-state index is 5.64. The molecular formula is C15H16N2O. The normalized spacial score (nSPS) is 9.89. The standard InChI is InChI=1S/C13H9NO.C2H7N/c1-2-6-10(7-3-1)13-14-11-8-4-5-9-12(11)15-13;1-3-2/h1-9H;3H,1-2H3. The number of aromatic nitrogens is 1. The first-order valence-corrected chi connectivity index (χ1v) is 5.84. The molecule has 18 heavy (non-hydrogen) atoms. The van der Waals surface area contributed by atoms with Crippen molar-refractivity contribution < 1.29 is 4.42 Å². The van der Waals surface area contributed by atoms with E-state index in [-0.39, 0.29) is 0 Å². The van der Waals surface area contributed by atoms with E-state index < -0.39 is 0 Å². The fraction of sp³-hybridized carbons (Fsp3) is 0.133. The SMILES string of the molecule is CNC.c1ccc(-c2nc3ccccc3o2)cc1. The predicted molar refractivity (Wildman–Crippen MR) is 74.4 cm³/mol. The Morgan fingerprint density at radius 2 is 1.50 bits per heavy atom. The van der Waals surface area contributed by atoms with Crippen molar-refractivity contribution in [3.8, 4) is 11.5 Å². The van der Waals surface area contributed by atoms with Crippen LogP contribution in [0.1, 0.15) is 0 Å². The molecule has 0 unspecified atom stereocenters. The largest absolute Gasteiger partial charge is 0.436 e. The first kappa shape index (κ1) is 12.3. The Bertz CT molecular complexity index is 569. The molecule has 2 aromatic carbocycles. The van der Waals surface area contributed by atoms with Gasteiger partial charge in [-0.1, -0.05) is 30.3 Å². The Morgan fingerprint density at radius 3 is 2.17 bits per heavy atom. The van der Waals surface area contributed by atoms with Crippen molar-refractivity contribution >= 4 is 11.1 Å². The van der Waals surface area contributed by atoms with Crippen LogP contribution in [0.25, 0.3) is 22.6 Å². The first-order valence-electron chi connectivity index (χ1n) is 5.84. The molecule has 3 aromatic rings. The van der Waals surface area contributed by atoms with Crippen molar-refractivity contribution in [2.24, 2.45) is 0 Å². The summed E-state index contributed by atoms with van der Waals surface area (Å²) in [5.41, 5.74) is 2.74. The molecule has 0 spiro atoms. The summed E-state index contributed by atoms with van der Waals surface area (Å²) in [6.07, 6.45) is 0. The van der Waals surface area contributed by atoms with Gasteiger partial charge in [0.05, 0.1) is 0 Å². The topological polar surface area (TPSA) is 38.1 Å². The summed E-state index contributed by atoms with van der Waals surface area (Å²) in [6.45, 7) is 0. The minimum atomic E-state index is 0.678. The van der Waals surface area contributed by atoms with Gasteiger partial charge in [0.1, 0.15) is 5.52 Å². The Kier molecular flexibility index (Phi) is 4.10. The van der Waals surface area contributed by atoms with Crippen molar-refractivity contribution in [3.05, 3.63) is 54.6 Å². The van der Waals surface area contributed by atoms with Crippen LogP contribution in [0, 0.1) is 0 Å². The average molecular weight is 240 g/mol. The molecule has 0 aliphatic rings. The van der Waals surface area contributed by atoms with Gasteiger partial charge in [-0.2, -0.15) is 0 Å². The third-order valence-corrected chi connectivity index (χ3v) is 2.31. The van der Waals surface area contributed by atoms with E-state index in [1.807, 2.05) is 68.7 Å². The van der Waals surface area contributed by atoms with E-state index in [0.29, 0.717) is 5.89 Å². The van der Waals surface area contributed by atoms with Gasteiger partial charge in [0.25, 0.3) is 0 Å². The zero-order chi connectivity index (χ0) is 12.8. The van der Waals surface area contributed by atoms with E-state index in [1.54, 1.807) is 0 Å². The van der Waals surface area contributed by atoms with Crippen molar-refractivity contribution in [2.75, 3.05) is 14.1 Å². The lowest BCUT2D eigenvalue weighted by molar-refractivity contribution is 0.620. The quantitative estimate of drug-likeness (QED) is 0.709. The van der Waals surface area contributed by atoms with Gasteiger partial charge in [-0.3, -0.25) is 0 Å². The fourth-order valence-corrected chi connectivity index (χ4v) is 1.58. The summed E-state index contributed by atoms with van der Waals surface area (Å²) < 4.78 is 5.64. The van der Waals surface area contributed by atoms with E-state index in [9.17, 15) is 0 Å². The second-order valence-corrected chi connectivity index (χ2v) is 3.85. The molecule has 3 heteroatoms.